The molecule has 0 bridgehead atoms. The van der Waals surface area contributed by atoms with E-state index in [0.29, 0.717) is 11.7 Å². The molecule has 26 heavy (non-hydrogen) atoms. The maximum atomic E-state index is 10.7. The molecule has 0 unspecified atom stereocenters. The monoisotopic (exact) mass is 475 g/mol. The Hall–Kier alpha value is 0.153. The Morgan fingerprint density at radius 1 is 0.962 bits per heavy atom. The van der Waals surface area contributed by atoms with Gasteiger partial charge in [-0.05, 0) is 42.9 Å². The van der Waals surface area contributed by atoms with Crippen LogP contribution in [0.15, 0.2) is 17.1 Å². The van der Waals surface area contributed by atoms with Gasteiger partial charge in [0.15, 0.2) is 0 Å². The number of hydrogen-bond donors (Lipinski definition) is 1. The average molecular weight is 478 g/mol. The maximum absolute atomic E-state index is 10.7. The van der Waals surface area contributed by atoms with Crippen LogP contribution in [-0.2, 0) is 20.8 Å². The quantitative estimate of drug-likeness (QED) is 0.439. The molecule has 146 valence electrons. The van der Waals surface area contributed by atoms with Gasteiger partial charge in [-0.15, -0.1) is 0 Å². The van der Waals surface area contributed by atoms with E-state index in [1.54, 1.807) is 13.3 Å². The van der Waals surface area contributed by atoms with Crippen molar-refractivity contribution in [2.45, 2.75) is 83.5 Å². The summed E-state index contributed by atoms with van der Waals surface area (Å²) >= 11 is -0.826. The number of rotatable bonds is 2. The molecule has 0 atom stereocenters. The Labute approximate surface area is 178 Å². The van der Waals surface area contributed by atoms with Crippen LogP contribution in [0.2, 0.25) is 0 Å². The molecular formula is C21H33Cl2NOZr. The van der Waals surface area contributed by atoms with Crippen LogP contribution in [0.5, 0.6) is 5.75 Å². The van der Waals surface area contributed by atoms with Crippen LogP contribution in [0.25, 0.3) is 0 Å². The van der Waals surface area contributed by atoms with Crippen LogP contribution in [0.4, 0.5) is 0 Å². The number of phenolic OH excluding ortho intramolecular Hbond substituents is 1. The molecule has 1 aliphatic carbocycles. The minimum absolute atomic E-state index is 0.457. The summed E-state index contributed by atoms with van der Waals surface area (Å²) in [6, 6.07) is 4.22. The van der Waals surface area contributed by atoms with Gasteiger partial charge in [0.05, 0.1) is 0 Å². The predicted molar refractivity (Wildman–Crippen MR) is 112 cm³/mol. The second-order valence-electron chi connectivity index (χ2n) is 7.21. The van der Waals surface area contributed by atoms with Crippen LogP contribution in [0.3, 0.4) is 0 Å². The van der Waals surface area contributed by atoms with Gasteiger partial charge >= 0.3 is 37.9 Å². The fraction of sp³-hybridized carbons (Fsp3) is 0.667. The van der Waals surface area contributed by atoms with E-state index in [1.807, 2.05) is 6.07 Å². The number of aliphatic imine (C=N–C) groups is 1. The zero-order valence-electron chi connectivity index (χ0n) is 16.2. The minimum atomic E-state index is -0.826. The summed E-state index contributed by atoms with van der Waals surface area (Å²) in [5.74, 6) is 0.955. The molecule has 5 heteroatoms. The summed E-state index contributed by atoms with van der Waals surface area (Å²) in [6.45, 7) is 2.12. The van der Waals surface area contributed by atoms with E-state index in [2.05, 4.69) is 18.0 Å². The fourth-order valence-electron chi connectivity index (χ4n) is 3.86. The molecule has 1 aromatic carbocycles. The number of halogens is 2. The van der Waals surface area contributed by atoms with Crippen molar-refractivity contribution >= 4 is 23.2 Å². The van der Waals surface area contributed by atoms with Crippen molar-refractivity contribution < 1.29 is 26.0 Å². The van der Waals surface area contributed by atoms with E-state index in [9.17, 15) is 5.11 Å². The van der Waals surface area contributed by atoms with Crippen LogP contribution >= 0.6 is 17.0 Å². The molecule has 2 nitrogen and oxygen atoms in total. The topological polar surface area (TPSA) is 32.6 Å². The zero-order valence-corrected chi connectivity index (χ0v) is 20.2. The molecule has 0 aliphatic heterocycles. The number of aromatic hydroxyl groups is 1. The Balaban J connectivity index is 0.00000105. The van der Waals surface area contributed by atoms with Gasteiger partial charge in [0.1, 0.15) is 5.75 Å². The molecule has 0 saturated heterocycles. The van der Waals surface area contributed by atoms with Gasteiger partial charge in [-0.3, -0.25) is 4.99 Å². The molecular weight excluding hydrogens is 444 g/mol. The molecule has 1 saturated carbocycles. The molecule has 1 fully saturated rings. The van der Waals surface area contributed by atoms with Crippen LogP contribution < -0.4 is 0 Å². The molecule has 1 aromatic rings. The van der Waals surface area contributed by atoms with Gasteiger partial charge in [-0.2, -0.15) is 0 Å². The third-order valence-electron chi connectivity index (χ3n) is 5.13. The second kappa shape index (κ2) is 15.1. The first-order valence-electron chi connectivity index (χ1n) is 9.86. The summed E-state index contributed by atoms with van der Waals surface area (Å²) in [7, 11) is 11.6. The van der Waals surface area contributed by atoms with Gasteiger partial charge in [0.25, 0.3) is 0 Å². The SMILES string of the molecule is CN=Cc1cc(C)cc(C2CCCCCCCCCCC2)c1O.[Cl][Zr][Cl]. The van der Waals surface area contributed by atoms with Crippen molar-refractivity contribution in [2.24, 2.45) is 4.99 Å². The van der Waals surface area contributed by atoms with Gasteiger partial charge < -0.3 is 5.11 Å². The molecule has 0 heterocycles. The summed E-state index contributed by atoms with van der Waals surface area (Å²) in [4.78, 5) is 4.09. The fourth-order valence-corrected chi connectivity index (χ4v) is 3.86. The Morgan fingerprint density at radius 2 is 1.42 bits per heavy atom. The molecule has 0 radical (unpaired) electrons. The summed E-state index contributed by atoms with van der Waals surface area (Å²) < 4.78 is 0. The van der Waals surface area contributed by atoms with Crippen LogP contribution in [0.1, 0.15) is 93.2 Å². The van der Waals surface area contributed by atoms with Crippen molar-refractivity contribution in [3.63, 3.8) is 0 Å². The first-order chi connectivity index (χ1) is 12.6. The van der Waals surface area contributed by atoms with Crippen molar-refractivity contribution in [3.05, 3.63) is 28.8 Å². The number of benzene rings is 1. The van der Waals surface area contributed by atoms with E-state index in [0.717, 1.165) is 11.1 Å². The third-order valence-corrected chi connectivity index (χ3v) is 5.13. The molecule has 1 N–H and O–H groups in total. The molecule has 1 aliphatic rings. The number of hydrogen-bond acceptors (Lipinski definition) is 2. The van der Waals surface area contributed by atoms with Crippen molar-refractivity contribution in [1.29, 1.82) is 0 Å². The first kappa shape index (κ1) is 24.2. The number of nitrogens with zero attached hydrogens (tertiary/aromatic N) is 1. The van der Waals surface area contributed by atoms with Crippen molar-refractivity contribution in [2.75, 3.05) is 7.05 Å². The van der Waals surface area contributed by atoms with E-state index in [4.69, 9.17) is 17.0 Å². The Morgan fingerprint density at radius 3 is 1.88 bits per heavy atom. The van der Waals surface area contributed by atoms with E-state index in [-0.39, 0.29) is 0 Å². The first-order valence-corrected chi connectivity index (χ1v) is 16.2. The normalized spacial score (nSPS) is 17.7. The van der Waals surface area contributed by atoms with E-state index in [1.165, 1.54) is 76.2 Å². The Kier molecular flexibility index (Phi) is 14.1. The van der Waals surface area contributed by atoms with Crippen LogP contribution in [-0.4, -0.2) is 18.4 Å². The third kappa shape index (κ3) is 9.38. The summed E-state index contributed by atoms with van der Waals surface area (Å²) in [5, 5.41) is 10.7. The number of aryl methyl sites for hydroxylation is 1. The average Bonchev–Trinajstić information content (AvgIpc) is 2.59. The molecule has 0 amide bonds. The van der Waals surface area contributed by atoms with Gasteiger partial charge in [0.2, 0.25) is 0 Å². The van der Waals surface area contributed by atoms with Gasteiger partial charge in [-0.25, -0.2) is 0 Å². The van der Waals surface area contributed by atoms with E-state index < -0.39 is 20.8 Å². The van der Waals surface area contributed by atoms with Crippen LogP contribution in [0, 0.1) is 6.92 Å². The summed E-state index contributed by atoms with van der Waals surface area (Å²) in [5.41, 5.74) is 3.24. The molecule has 0 aromatic heterocycles. The van der Waals surface area contributed by atoms with Crippen molar-refractivity contribution in [3.8, 4) is 5.75 Å². The molecule has 2 rings (SSSR count). The standard InChI is InChI=1S/C21H33NO.2ClH.Zr/c1-17-14-19(16-22-2)21(23)20(15-17)18-12-10-8-6-4-3-5-7-9-11-13-18;;;/h14-16,18,23H,3-13H2,1-2H3;2*1H;/q;;;+2/p-2. The predicted octanol–water partition coefficient (Wildman–Crippen LogP) is 7.51. The number of phenols is 1. The van der Waals surface area contributed by atoms with Gasteiger partial charge in [0, 0.05) is 18.8 Å². The van der Waals surface area contributed by atoms with Crippen molar-refractivity contribution in [1.82, 2.24) is 0 Å². The zero-order chi connectivity index (χ0) is 19.2. The Bertz CT molecular complexity index is 525. The summed E-state index contributed by atoms with van der Waals surface area (Å²) in [6.07, 6.45) is 16.4. The van der Waals surface area contributed by atoms with Gasteiger partial charge in [-0.1, -0.05) is 63.9 Å². The molecule has 0 spiro atoms. The van der Waals surface area contributed by atoms with E-state index >= 15 is 0 Å². The second-order valence-corrected chi connectivity index (χ2v) is 10.9.